The average molecular weight is 323 g/mol. The van der Waals surface area contributed by atoms with E-state index in [4.69, 9.17) is 0 Å². The van der Waals surface area contributed by atoms with Gasteiger partial charge in [0.05, 0.1) is 17.1 Å². The van der Waals surface area contributed by atoms with Crippen LogP contribution in [0.1, 0.15) is 10.6 Å². The number of carbonyl (C=O) groups is 1. The lowest BCUT2D eigenvalue weighted by molar-refractivity contribution is -0.115. The van der Waals surface area contributed by atoms with Crippen molar-refractivity contribution in [3.8, 4) is 11.4 Å². The lowest BCUT2D eigenvalue weighted by atomic mass is 10.1. The van der Waals surface area contributed by atoms with E-state index < -0.39 is 0 Å². The summed E-state index contributed by atoms with van der Waals surface area (Å²) < 4.78 is 0. The Morgan fingerprint density at radius 1 is 1.22 bits per heavy atom. The normalized spacial score (nSPS) is 12.8. The second kappa shape index (κ2) is 5.44. The maximum atomic E-state index is 11.4. The first-order valence-electron chi connectivity index (χ1n) is 7.13. The number of amides is 1. The number of nitrogens with zero attached hydrogens (tertiary/aromatic N) is 3. The quantitative estimate of drug-likeness (QED) is 0.774. The van der Waals surface area contributed by atoms with Crippen molar-refractivity contribution in [2.75, 3.05) is 10.6 Å². The number of fused-ring (bicyclic) bond motifs is 1. The van der Waals surface area contributed by atoms with Gasteiger partial charge in [0.15, 0.2) is 0 Å². The first kappa shape index (κ1) is 13.8. The zero-order valence-electron chi connectivity index (χ0n) is 12.3. The van der Waals surface area contributed by atoms with E-state index in [1.54, 1.807) is 17.5 Å². The van der Waals surface area contributed by atoms with E-state index in [-0.39, 0.29) is 5.91 Å². The summed E-state index contributed by atoms with van der Waals surface area (Å²) in [5, 5.41) is 8.98. The monoisotopic (exact) mass is 323 g/mol. The van der Waals surface area contributed by atoms with Crippen LogP contribution < -0.4 is 10.6 Å². The second-order valence-electron chi connectivity index (χ2n) is 5.24. The molecule has 4 rings (SSSR count). The van der Waals surface area contributed by atoms with Crippen molar-refractivity contribution in [2.45, 2.75) is 13.3 Å². The Morgan fingerprint density at radius 3 is 2.96 bits per heavy atom. The van der Waals surface area contributed by atoms with Crippen LogP contribution in [0, 0.1) is 6.92 Å². The summed E-state index contributed by atoms with van der Waals surface area (Å²) in [4.78, 5) is 24.6. The van der Waals surface area contributed by atoms with Crippen molar-refractivity contribution in [1.82, 2.24) is 15.0 Å². The molecule has 3 aromatic rings. The zero-order valence-corrected chi connectivity index (χ0v) is 13.1. The molecule has 0 aliphatic carbocycles. The number of aryl methyl sites for hydroxylation is 1. The largest absolute Gasteiger partial charge is 0.326 e. The molecule has 1 amide bonds. The molecule has 2 aromatic heterocycles. The molecule has 0 saturated carbocycles. The Morgan fingerprint density at radius 2 is 2.13 bits per heavy atom. The van der Waals surface area contributed by atoms with E-state index in [9.17, 15) is 4.79 Å². The van der Waals surface area contributed by atoms with Gasteiger partial charge in [-0.2, -0.15) is 0 Å². The number of benzene rings is 1. The highest BCUT2D eigenvalue weighted by molar-refractivity contribution is 7.09. The van der Waals surface area contributed by atoms with Gasteiger partial charge in [0.2, 0.25) is 11.9 Å². The Kier molecular flexibility index (Phi) is 3.27. The molecule has 0 atom stereocenters. The standard InChI is InChI=1S/C16H13N5OS/c1-9-18-14(8-23-9)13-4-5-17-16(21-13)19-11-2-3-12-10(6-11)7-15(22)20-12/h2-6,8H,7H2,1H3,(H,20,22)(H,17,19,21). The highest BCUT2D eigenvalue weighted by atomic mass is 32.1. The summed E-state index contributed by atoms with van der Waals surface area (Å²) in [6.07, 6.45) is 2.11. The lowest BCUT2D eigenvalue weighted by Crippen LogP contribution is -2.03. The molecule has 2 N–H and O–H groups in total. The highest BCUT2D eigenvalue weighted by Crippen LogP contribution is 2.27. The third-order valence-corrected chi connectivity index (χ3v) is 4.30. The van der Waals surface area contributed by atoms with E-state index in [1.165, 1.54) is 0 Å². The molecule has 1 aliphatic heterocycles. The van der Waals surface area contributed by atoms with Crippen molar-refractivity contribution < 1.29 is 4.79 Å². The summed E-state index contributed by atoms with van der Waals surface area (Å²) in [7, 11) is 0. The molecule has 3 heterocycles. The average Bonchev–Trinajstić information content (AvgIpc) is 3.12. The Hall–Kier alpha value is -2.80. The fraction of sp³-hybridized carbons (Fsp3) is 0.125. The van der Waals surface area contributed by atoms with Gasteiger partial charge in [-0.3, -0.25) is 4.79 Å². The van der Waals surface area contributed by atoms with Gasteiger partial charge in [0.1, 0.15) is 5.69 Å². The number of rotatable bonds is 3. The minimum absolute atomic E-state index is 0.0225. The summed E-state index contributed by atoms with van der Waals surface area (Å²) in [5.41, 5.74) is 4.33. The fourth-order valence-electron chi connectivity index (χ4n) is 2.48. The molecule has 23 heavy (non-hydrogen) atoms. The third-order valence-electron chi connectivity index (χ3n) is 3.52. The molecule has 0 fully saturated rings. The second-order valence-corrected chi connectivity index (χ2v) is 6.30. The molecule has 0 radical (unpaired) electrons. The minimum atomic E-state index is 0.0225. The van der Waals surface area contributed by atoms with E-state index in [1.807, 2.05) is 36.6 Å². The molecule has 114 valence electrons. The minimum Gasteiger partial charge on any atom is -0.326 e. The van der Waals surface area contributed by atoms with Crippen LogP contribution >= 0.6 is 11.3 Å². The van der Waals surface area contributed by atoms with Crippen LogP contribution in [0.15, 0.2) is 35.8 Å². The predicted molar refractivity (Wildman–Crippen MR) is 89.9 cm³/mol. The maximum absolute atomic E-state index is 11.4. The van der Waals surface area contributed by atoms with Crippen LogP contribution in [0.25, 0.3) is 11.4 Å². The highest BCUT2D eigenvalue weighted by Gasteiger charge is 2.17. The van der Waals surface area contributed by atoms with Crippen molar-refractivity contribution >= 4 is 34.6 Å². The van der Waals surface area contributed by atoms with Crippen molar-refractivity contribution in [3.63, 3.8) is 0 Å². The zero-order chi connectivity index (χ0) is 15.8. The number of aromatic nitrogens is 3. The van der Waals surface area contributed by atoms with Crippen LogP contribution in [0.2, 0.25) is 0 Å². The van der Waals surface area contributed by atoms with Gasteiger partial charge in [-0.15, -0.1) is 11.3 Å². The molecule has 0 spiro atoms. The molecule has 0 bridgehead atoms. The van der Waals surface area contributed by atoms with Crippen LogP contribution in [-0.2, 0) is 11.2 Å². The van der Waals surface area contributed by atoms with E-state index in [0.29, 0.717) is 12.4 Å². The number of hydrogen-bond acceptors (Lipinski definition) is 6. The van der Waals surface area contributed by atoms with Crippen molar-refractivity contribution in [2.24, 2.45) is 0 Å². The molecule has 7 heteroatoms. The Balaban J connectivity index is 1.60. The van der Waals surface area contributed by atoms with E-state index >= 15 is 0 Å². The van der Waals surface area contributed by atoms with E-state index in [2.05, 4.69) is 25.6 Å². The molecule has 1 aromatic carbocycles. The fourth-order valence-corrected chi connectivity index (χ4v) is 3.09. The molecule has 0 unspecified atom stereocenters. The smallest absolute Gasteiger partial charge is 0.228 e. The first-order chi connectivity index (χ1) is 11.2. The topological polar surface area (TPSA) is 79.8 Å². The Labute approximate surface area is 136 Å². The van der Waals surface area contributed by atoms with Gasteiger partial charge in [-0.1, -0.05) is 0 Å². The third kappa shape index (κ3) is 2.78. The van der Waals surface area contributed by atoms with Crippen LogP contribution in [0.4, 0.5) is 17.3 Å². The lowest BCUT2D eigenvalue weighted by Gasteiger charge is -2.07. The summed E-state index contributed by atoms with van der Waals surface area (Å²) >= 11 is 1.59. The number of anilines is 3. The first-order valence-corrected chi connectivity index (χ1v) is 8.01. The van der Waals surface area contributed by atoms with Gasteiger partial charge in [-0.25, -0.2) is 15.0 Å². The number of hydrogen-bond donors (Lipinski definition) is 2. The van der Waals surface area contributed by atoms with E-state index in [0.717, 1.165) is 33.3 Å². The Bertz CT molecular complexity index is 905. The van der Waals surface area contributed by atoms with Crippen molar-refractivity contribution in [3.05, 3.63) is 46.4 Å². The van der Waals surface area contributed by atoms with Gasteiger partial charge >= 0.3 is 0 Å². The number of thiazole rings is 1. The maximum Gasteiger partial charge on any atom is 0.228 e. The van der Waals surface area contributed by atoms with Gasteiger partial charge in [0.25, 0.3) is 0 Å². The van der Waals surface area contributed by atoms with Gasteiger partial charge in [0, 0.05) is 23.0 Å². The summed E-state index contributed by atoms with van der Waals surface area (Å²) in [6.45, 7) is 1.97. The van der Waals surface area contributed by atoms with Crippen LogP contribution in [0.5, 0.6) is 0 Å². The summed E-state index contributed by atoms with van der Waals surface area (Å²) in [5.74, 6) is 0.527. The molecular formula is C16H13N5OS. The predicted octanol–water partition coefficient (Wildman–Crippen LogP) is 3.15. The summed E-state index contributed by atoms with van der Waals surface area (Å²) in [6, 6.07) is 7.56. The van der Waals surface area contributed by atoms with Crippen LogP contribution in [0.3, 0.4) is 0 Å². The number of nitrogens with one attached hydrogen (secondary N) is 2. The molecule has 1 aliphatic rings. The van der Waals surface area contributed by atoms with Crippen LogP contribution in [-0.4, -0.2) is 20.9 Å². The van der Waals surface area contributed by atoms with Crippen molar-refractivity contribution in [1.29, 1.82) is 0 Å². The molecular weight excluding hydrogens is 310 g/mol. The SMILES string of the molecule is Cc1nc(-c2ccnc(Nc3ccc4c(c3)CC(=O)N4)n2)cs1. The van der Waals surface area contributed by atoms with Gasteiger partial charge < -0.3 is 10.6 Å². The molecule has 0 saturated heterocycles. The molecule has 6 nitrogen and oxygen atoms in total. The number of carbonyl (C=O) groups excluding carboxylic acids is 1. The van der Waals surface area contributed by atoms with Gasteiger partial charge in [-0.05, 0) is 36.8 Å².